The summed E-state index contributed by atoms with van der Waals surface area (Å²) in [5.74, 6) is 0.0925. The molecule has 2 heterocycles. The number of aliphatic hydroxyl groups excluding tert-OH is 4. The van der Waals surface area contributed by atoms with Crippen LogP contribution in [0.5, 0.6) is 6.01 Å². The van der Waals surface area contributed by atoms with Crippen LogP contribution in [-0.2, 0) is 11.8 Å². The summed E-state index contributed by atoms with van der Waals surface area (Å²) in [5.41, 5.74) is -0.371. The number of rotatable bonds is 4. The van der Waals surface area contributed by atoms with E-state index in [0.717, 1.165) is 0 Å². The van der Waals surface area contributed by atoms with Crippen molar-refractivity contribution in [3.63, 3.8) is 0 Å². The van der Waals surface area contributed by atoms with Crippen LogP contribution in [0.4, 0.5) is 5.82 Å². The molecule has 0 aliphatic carbocycles. The summed E-state index contributed by atoms with van der Waals surface area (Å²) < 4.78 is 11.7. The third-order valence-corrected chi connectivity index (χ3v) is 4.52. The Labute approximate surface area is 144 Å². The molecule has 1 aromatic heterocycles. The van der Waals surface area contributed by atoms with Crippen molar-refractivity contribution in [2.45, 2.75) is 30.6 Å². The Morgan fingerprint density at radius 2 is 2.00 bits per heavy atom. The zero-order chi connectivity index (χ0) is 17.3. The highest BCUT2D eigenvalue weighted by atomic mass is 127. The van der Waals surface area contributed by atoms with Gasteiger partial charge in [-0.2, -0.15) is 4.98 Å². The van der Waals surface area contributed by atoms with Crippen molar-refractivity contribution in [3.05, 3.63) is 13.9 Å². The highest BCUT2D eigenvalue weighted by molar-refractivity contribution is 14.1. The number of aromatic nitrogens is 2. The SMILES string of the molecule is COc1nc(NC2OC(CO)C(O)C(O)C2O)c(I)c(=O)n1C. The Morgan fingerprint density at radius 3 is 2.57 bits per heavy atom. The van der Waals surface area contributed by atoms with Gasteiger partial charge in [0.1, 0.15) is 28.0 Å². The Balaban J connectivity index is 2.31. The number of halogens is 1. The second kappa shape index (κ2) is 7.27. The highest BCUT2D eigenvalue weighted by Crippen LogP contribution is 2.24. The molecule has 0 aromatic carbocycles. The summed E-state index contributed by atoms with van der Waals surface area (Å²) in [6.45, 7) is -0.548. The molecule has 1 saturated heterocycles. The van der Waals surface area contributed by atoms with Crippen LogP contribution in [0.15, 0.2) is 4.79 Å². The van der Waals surface area contributed by atoms with E-state index in [2.05, 4.69) is 10.3 Å². The molecule has 23 heavy (non-hydrogen) atoms. The van der Waals surface area contributed by atoms with Gasteiger partial charge in [0, 0.05) is 7.05 Å². The molecule has 5 atom stereocenters. The van der Waals surface area contributed by atoms with Gasteiger partial charge in [0.15, 0.2) is 12.0 Å². The lowest BCUT2D eigenvalue weighted by molar-refractivity contribution is -0.221. The van der Waals surface area contributed by atoms with Gasteiger partial charge in [0.2, 0.25) is 0 Å². The van der Waals surface area contributed by atoms with Gasteiger partial charge in [0.25, 0.3) is 5.56 Å². The third-order valence-electron chi connectivity index (χ3n) is 3.55. The Morgan fingerprint density at radius 1 is 1.35 bits per heavy atom. The van der Waals surface area contributed by atoms with Crippen LogP contribution < -0.4 is 15.6 Å². The van der Waals surface area contributed by atoms with Gasteiger partial charge in [-0.1, -0.05) is 0 Å². The number of ether oxygens (including phenoxy) is 2. The first-order valence-corrected chi connectivity index (χ1v) is 7.77. The second-order valence-corrected chi connectivity index (χ2v) is 6.10. The topological polar surface area (TPSA) is 146 Å². The zero-order valence-corrected chi connectivity index (χ0v) is 14.5. The first-order chi connectivity index (χ1) is 10.8. The van der Waals surface area contributed by atoms with Crippen LogP contribution in [-0.4, -0.2) is 74.3 Å². The number of aliphatic hydroxyl groups is 4. The van der Waals surface area contributed by atoms with Gasteiger partial charge in [-0.15, -0.1) is 0 Å². The largest absolute Gasteiger partial charge is 0.468 e. The summed E-state index contributed by atoms with van der Waals surface area (Å²) in [5, 5.41) is 41.4. The normalized spacial score (nSPS) is 31.0. The van der Waals surface area contributed by atoms with Crippen LogP contribution in [0, 0.1) is 3.57 Å². The van der Waals surface area contributed by atoms with Crippen molar-refractivity contribution in [2.24, 2.45) is 7.05 Å². The molecule has 1 fully saturated rings. The molecule has 0 amide bonds. The Kier molecular flexibility index (Phi) is 5.80. The van der Waals surface area contributed by atoms with E-state index in [9.17, 15) is 25.2 Å². The zero-order valence-electron chi connectivity index (χ0n) is 12.4. The van der Waals surface area contributed by atoms with E-state index in [4.69, 9.17) is 9.47 Å². The first-order valence-electron chi connectivity index (χ1n) is 6.69. The first kappa shape index (κ1) is 18.4. The van der Waals surface area contributed by atoms with Crippen LogP contribution in [0.2, 0.25) is 0 Å². The average molecular weight is 443 g/mol. The lowest BCUT2D eigenvalue weighted by Gasteiger charge is -2.40. The number of nitrogens with zero attached hydrogens (tertiary/aromatic N) is 2. The summed E-state index contributed by atoms with van der Waals surface area (Å²) in [6.07, 6.45) is -6.71. The number of hydrogen-bond donors (Lipinski definition) is 5. The number of hydrogen-bond acceptors (Lipinski definition) is 9. The molecule has 130 valence electrons. The quantitative estimate of drug-likeness (QED) is 0.322. The van der Waals surface area contributed by atoms with Crippen molar-refractivity contribution in [2.75, 3.05) is 19.0 Å². The highest BCUT2D eigenvalue weighted by Gasteiger charge is 2.43. The molecule has 1 aliphatic heterocycles. The second-order valence-electron chi connectivity index (χ2n) is 5.02. The molecular weight excluding hydrogens is 425 g/mol. The van der Waals surface area contributed by atoms with E-state index in [0.29, 0.717) is 0 Å². The van der Waals surface area contributed by atoms with Gasteiger partial charge in [-0.05, 0) is 22.6 Å². The van der Waals surface area contributed by atoms with E-state index >= 15 is 0 Å². The molecular formula is C12H18IN3O7. The molecule has 0 saturated carbocycles. The molecule has 0 spiro atoms. The van der Waals surface area contributed by atoms with Gasteiger partial charge in [0.05, 0.1) is 13.7 Å². The third kappa shape index (κ3) is 3.44. The molecule has 0 radical (unpaired) electrons. The molecule has 1 aliphatic rings. The van der Waals surface area contributed by atoms with Gasteiger partial charge in [-0.25, -0.2) is 0 Å². The van der Waals surface area contributed by atoms with E-state index in [1.54, 1.807) is 22.6 Å². The fraction of sp³-hybridized carbons (Fsp3) is 0.667. The summed E-state index contributed by atoms with van der Waals surface area (Å²) in [4.78, 5) is 16.2. The standard InChI is InChI=1S/C12H18IN3O7/c1-16-11(21)5(13)9(15-12(16)22-2)14-10-8(20)7(19)6(18)4(3-17)23-10/h4,6-8,10,14,17-20H,3H2,1-2H3. The van der Waals surface area contributed by atoms with Crippen molar-refractivity contribution in [1.29, 1.82) is 0 Å². The van der Waals surface area contributed by atoms with Gasteiger partial charge >= 0.3 is 6.01 Å². The molecule has 11 heteroatoms. The lowest BCUT2D eigenvalue weighted by atomic mass is 9.98. The van der Waals surface area contributed by atoms with Crippen molar-refractivity contribution in [3.8, 4) is 6.01 Å². The number of anilines is 1. The summed E-state index contributed by atoms with van der Waals surface area (Å²) >= 11 is 1.78. The predicted octanol–water partition coefficient (Wildman–Crippen LogP) is -2.39. The monoisotopic (exact) mass is 443 g/mol. The smallest absolute Gasteiger partial charge is 0.300 e. The van der Waals surface area contributed by atoms with Gasteiger partial charge < -0.3 is 35.2 Å². The fourth-order valence-electron chi connectivity index (χ4n) is 2.19. The maximum absolute atomic E-state index is 12.1. The lowest BCUT2D eigenvalue weighted by Crippen LogP contribution is -2.60. The molecule has 1 aromatic rings. The minimum Gasteiger partial charge on any atom is -0.468 e. The minimum absolute atomic E-state index is 0.0440. The molecule has 0 bridgehead atoms. The summed E-state index contributed by atoms with van der Waals surface area (Å²) in [7, 11) is 2.85. The van der Waals surface area contributed by atoms with Crippen LogP contribution >= 0.6 is 22.6 Å². The van der Waals surface area contributed by atoms with Crippen molar-refractivity contribution in [1.82, 2.24) is 9.55 Å². The van der Waals surface area contributed by atoms with Crippen molar-refractivity contribution >= 4 is 28.4 Å². The molecule has 5 N–H and O–H groups in total. The van der Waals surface area contributed by atoms with Crippen LogP contribution in [0.1, 0.15) is 0 Å². The maximum Gasteiger partial charge on any atom is 0.300 e. The van der Waals surface area contributed by atoms with Crippen molar-refractivity contribution < 1.29 is 29.9 Å². The number of nitrogens with one attached hydrogen (secondary N) is 1. The van der Waals surface area contributed by atoms with Crippen LogP contribution in [0.25, 0.3) is 0 Å². The van der Waals surface area contributed by atoms with E-state index < -0.39 is 37.3 Å². The Hall–Kier alpha value is -0.990. The molecule has 2 rings (SSSR count). The van der Waals surface area contributed by atoms with E-state index in [1.807, 2.05) is 0 Å². The van der Waals surface area contributed by atoms with Crippen LogP contribution in [0.3, 0.4) is 0 Å². The maximum atomic E-state index is 12.1. The average Bonchev–Trinajstić information content (AvgIpc) is 2.55. The fourth-order valence-corrected chi connectivity index (χ4v) is 2.83. The molecule has 5 unspecified atom stereocenters. The number of methoxy groups -OCH3 is 1. The summed E-state index contributed by atoms with van der Waals surface area (Å²) in [6, 6.07) is 0.0440. The molecule has 10 nitrogen and oxygen atoms in total. The Bertz CT molecular complexity index is 623. The predicted molar refractivity (Wildman–Crippen MR) is 86.1 cm³/mol. The van der Waals surface area contributed by atoms with E-state index in [-0.39, 0.29) is 21.0 Å². The van der Waals surface area contributed by atoms with Gasteiger partial charge in [-0.3, -0.25) is 9.36 Å². The van der Waals surface area contributed by atoms with E-state index in [1.165, 1.54) is 18.7 Å². The minimum atomic E-state index is -1.52.